The highest BCUT2D eigenvalue weighted by Crippen LogP contribution is 2.31. The Morgan fingerprint density at radius 1 is 1.33 bits per heavy atom. The summed E-state index contributed by atoms with van der Waals surface area (Å²) in [6.45, 7) is 6.44. The molecule has 0 aromatic carbocycles. The van der Waals surface area contributed by atoms with Crippen LogP contribution in [-0.2, 0) is 4.79 Å². The Bertz CT molecular complexity index is 272. The van der Waals surface area contributed by atoms with Gasteiger partial charge in [0.05, 0.1) is 5.92 Å². The van der Waals surface area contributed by atoms with E-state index in [1.54, 1.807) is 0 Å². The van der Waals surface area contributed by atoms with E-state index >= 15 is 0 Å². The van der Waals surface area contributed by atoms with Gasteiger partial charge in [-0.3, -0.25) is 4.79 Å². The first-order chi connectivity index (χ1) is 8.66. The van der Waals surface area contributed by atoms with Crippen LogP contribution in [0.5, 0.6) is 0 Å². The minimum atomic E-state index is 0.219. The normalized spacial score (nSPS) is 32.1. The van der Waals surface area contributed by atoms with Crippen LogP contribution in [0.25, 0.3) is 0 Å². The SMILES string of the molecule is CC(C)CCC1CCCC1NC(=O)C1CCNC1. The summed E-state index contributed by atoms with van der Waals surface area (Å²) >= 11 is 0. The summed E-state index contributed by atoms with van der Waals surface area (Å²) in [5, 5.41) is 6.58. The van der Waals surface area contributed by atoms with Crippen molar-refractivity contribution < 1.29 is 4.79 Å². The van der Waals surface area contributed by atoms with E-state index < -0.39 is 0 Å². The Kier molecular flexibility index (Phi) is 5.04. The van der Waals surface area contributed by atoms with Crippen LogP contribution < -0.4 is 10.6 Å². The molecule has 2 aliphatic rings. The van der Waals surface area contributed by atoms with Crippen molar-refractivity contribution in [3.05, 3.63) is 0 Å². The van der Waals surface area contributed by atoms with Crippen LogP contribution in [-0.4, -0.2) is 25.0 Å². The fraction of sp³-hybridized carbons (Fsp3) is 0.933. The van der Waals surface area contributed by atoms with Crippen LogP contribution in [0.2, 0.25) is 0 Å². The van der Waals surface area contributed by atoms with Gasteiger partial charge in [0.2, 0.25) is 5.91 Å². The van der Waals surface area contributed by atoms with Gasteiger partial charge in [0.25, 0.3) is 0 Å². The molecular formula is C15H28N2O. The zero-order chi connectivity index (χ0) is 13.0. The predicted octanol–water partition coefficient (Wildman–Crippen LogP) is 2.32. The van der Waals surface area contributed by atoms with Gasteiger partial charge in [-0.15, -0.1) is 0 Å². The first kappa shape index (κ1) is 13.9. The molecule has 3 unspecified atom stereocenters. The lowest BCUT2D eigenvalue weighted by Gasteiger charge is -2.23. The minimum absolute atomic E-state index is 0.219. The molecule has 3 atom stereocenters. The van der Waals surface area contributed by atoms with Crippen LogP contribution in [0.4, 0.5) is 0 Å². The third-order valence-corrected chi connectivity index (χ3v) is 4.53. The second-order valence-corrected chi connectivity index (χ2v) is 6.47. The topological polar surface area (TPSA) is 41.1 Å². The average molecular weight is 252 g/mol. The van der Waals surface area contributed by atoms with Gasteiger partial charge >= 0.3 is 0 Å². The van der Waals surface area contributed by atoms with E-state index in [1.165, 1.54) is 32.1 Å². The minimum Gasteiger partial charge on any atom is -0.353 e. The molecule has 104 valence electrons. The Labute approximate surface area is 111 Å². The lowest BCUT2D eigenvalue weighted by Crippen LogP contribution is -2.41. The van der Waals surface area contributed by atoms with E-state index in [0.717, 1.165) is 31.3 Å². The second-order valence-electron chi connectivity index (χ2n) is 6.47. The summed E-state index contributed by atoms with van der Waals surface area (Å²) in [6.07, 6.45) is 7.37. The Hall–Kier alpha value is -0.570. The summed E-state index contributed by atoms with van der Waals surface area (Å²) < 4.78 is 0. The second kappa shape index (κ2) is 6.55. The summed E-state index contributed by atoms with van der Waals surface area (Å²) in [7, 11) is 0. The average Bonchev–Trinajstić information content (AvgIpc) is 2.97. The lowest BCUT2D eigenvalue weighted by atomic mass is 9.93. The van der Waals surface area contributed by atoms with Crippen LogP contribution in [0.1, 0.15) is 52.4 Å². The van der Waals surface area contributed by atoms with Crippen molar-refractivity contribution in [1.29, 1.82) is 0 Å². The molecule has 1 aliphatic carbocycles. The molecule has 2 N–H and O–H groups in total. The third kappa shape index (κ3) is 3.71. The molecular weight excluding hydrogens is 224 g/mol. The van der Waals surface area contributed by atoms with Gasteiger partial charge in [-0.2, -0.15) is 0 Å². The third-order valence-electron chi connectivity index (χ3n) is 4.53. The molecule has 0 aromatic rings. The number of rotatable bonds is 5. The van der Waals surface area contributed by atoms with Gasteiger partial charge in [-0.05, 0) is 44.1 Å². The van der Waals surface area contributed by atoms with Crippen molar-refractivity contribution in [2.75, 3.05) is 13.1 Å². The van der Waals surface area contributed by atoms with E-state index in [0.29, 0.717) is 11.9 Å². The highest BCUT2D eigenvalue weighted by atomic mass is 16.2. The summed E-state index contributed by atoms with van der Waals surface area (Å²) in [5.41, 5.74) is 0. The summed E-state index contributed by atoms with van der Waals surface area (Å²) in [4.78, 5) is 12.1. The van der Waals surface area contributed by atoms with Gasteiger partial charge < -0.3 is 10.6 Å². The molecule has 18 heavy (non-hydrogen) atoms. The van der Waals surface area contributed by atoms with Gasteiger partial charge in [-0.25, -0.2) is 0 Å². The largest absolute Gasteiger partial charge is 0.353 e. The molecule has 1 aliphatic heterocycles. The molecule has 0 spiro atoms. The van der Waals surface area contributed by atoms with Crippen LogP contribution in [0.3, 0.4) is 0 Å². The van der Waals surface area contributed by atoms with Crippen molar-refractivity contribution in [2.24, 2.45) is 17.8 Å². The number of amides is 1. The van der Waals surface area contributed by atoms with Gasteiger partial charge in [0, 0.05) is 12.6 Å². The van der Waals surface area contributed by atoms with Crippen molar-refractivity contribution >= 4 is 5.91 Å². The number of nitrogens with one attached hydrogen (secondary N) is 2. The van der Waals surface area contributed by atoms with E-state index in [1.807, 2.05) is 0 Å². The van der Waals surface area contributed by atoms with Crippen molar-refractivity contribution in [1.82, 2.24) is 10.6 Å². The van der Waals surface area contributed by atoms with E-state index in [2.05, 4.69) is 24.5 Å². The number of hydrogen-bond acceptors (Lipinski definition) is 2. The molecule has 0 radical (unpaired) electrons. The molecule has 1 heterocycles. The molecule has 1 amide bonds. The van der Waals surface area contributed by atoms with Crippen LogP contribution >= 0.6 is 0 Å². The van der Waals surface area contributed by atoms with Gasteiger partial charge in [0.15, 0.2) is 0 Å². The zero-order valence-corrected chi connectivity index (χ0v) is 11.9. The molecule has 3 nitrogen and oxygen atoms in total. The maximum atomic E-state index is 12.1. The smallest absolute Gasteiger partial charge is 0.224 e. The van der Waals surface area contributed by atoms with Crippen molar-refractivity contribution in [2.45, 2.75) is 58.4 Å². The summed E-state index contributed by atoms with van der Waals surface area (Å²) in [6, 6.07) is 0.455. The first-order valence-corrected chi connectivity index (χ1v) is 7.68. The Balaban J connectivity index is 1.77. The maximum absolute atomic E-state index is 12.1. The monoisotopic (exact) mass is 252 g/mol. The summed E-state index contributed by atoms with van der Waals surface area (Å²) in [5.74, 6) is 2.02. The highest BCUT2D eigenvalue weighted by molar-refractivity contribution is 5.79. The number of carbonyl (C=O) groups is 1. The molecule has 1 saturated carbocycles. The maximum Gasteiger partial charge on any atom is 0.224 e. The van der Waals surface area contributed by atoms with Crippen molar-refractivity contribution in [3.63, 3.8) is 0 Å². The molecule has 0 aromatic heterocycles. The molecule has 2 fully saturated rings. The first-order valence-electron chi connectivity index (χ1n) is 7.68. The molecule has 0 bridgehead atoms. The molecule has 1 saturated heterocycles. The fourth-order valence-electron chi connectivity index (χ4n) is 3.30. The molecule has 2 rings (SSSR count). The van der Waals surface area contributed by atoms with Crippen molar-refractivity contribution in [3.8, 4) is 0 Å². The highest BCUT2D eigenvalue weighted by Gasteiger charge is 2.31. The number of carbonyl (C=O) groups excluding carboxylic acids is 1. The lowest BCUT2D eigenvalue weighted by molar-refractivity contribution is -0.125. The quantitative estimate of drug-likeness (QED) is 0.788. The Morgan fingerprint density at radius 3 is 2.83 bits per heavy atom. The van der Waals surface area contributed by atoms with E-state index in [-0.39, 0.29) is 5.92 Å². The molecule has 3 heteroatoms. The fourth-order valence-corrected chi connectivity index (χ4v) is 3.30. The van der Waals surface area contributed by atoms with E-state index in [4.69, 9.17) is 0 Å². The standard InChI is InChI=1S/C15H28N2O/c1-11(2)6-7-12-4-3-5-14(12)17-15(18)13-8-9-16-10-13/h11-14,16H,3-10H2,1-2H3,(H,17,18). The Morgan fingerprint density at radius 2 is 2.17 bits per heavy atom. The van der Waals surface area contributed by atoms with E-state index in [9.17, 15) is 4.79 Å². The van der Waals surface area contributed by atoms with Gasteiger partial charge in [0.1, 0.15) is 0 Å². The van der Waals surface area contributed by atoms with Gasteiger partial charge in [-0.1, -0.05) is 26.7 Å². The number of hydrogen-bond donors (Lipinski definition) is 2. The predicted molar refractivity (Wildman–Crippen MR) is 74.3 cm³/mol. The van der Waals surface area contributed by atoms with Crippen LogP contribution in [0, 0.1) is 17.8 Å². The zero-order valence-electron chi connectivity index (χ0n) is 11.9. The van der Waals surface area contributed by atoms with Crippen LogP contribution in [0.15, 0.2) is 0 Å².